The molecule has 134 valence electrons. The van der Waals surface area contributed by atoms with Gasteiger partial charge in [-0.2, -0.15) is 11.8 Å². The summed E-state index contributed by atoms with van der Waals surface area (Å²) in [4.78, 5) is 17.8. The van der Waals surface area contributed by atoms with E-state index in [-0.39, 0.29) is 17.0 Å². The van der Waals surface area contributed by atoms with Gasteiger partial charge in [0.25, 0.3) is 5.91 Å². The number of aromatic amines is 1. The van der Waals surface area contributed by atoms with Crippen LogP contribution in [0.2, 0.25) is 0 Å². The third-order valence-corrected chi connectivity index (χ3v) is 6.00. The van der Waals surface area contributed by atoms with Crippen molar-refractivity contribution in [1.29, 1.82) is 0 Å². The minimum absolute atomic E-state index is 0.0536. The summed E-state index contributed by atoms with van der Waals surface area (Å²) < 4.78 is 27.5. The molecule has 26 heavy (non-hydrogen) atoms. The zero-order valence-corrected chi connectivity index (χ0v) is 14.9. The summed E-state index contributed by atoms with van der Waals surface area (Å²) in [6.07, 6.45) is 0.594. The molecular weight excluding hydrogens is 354 g/mol. The van der Waals surface area contributed by atoms with Gasteiger partial charge < -0.3 is 9.88 Å². The molecule has 0 aliphatic carbocycles. The molecule has 3 nitrogen and oxygen atoms in total. The molecule has 0 unspecified atom stereocenters. The highest BCUT2D eigenvalue weighted by Gasteiger charge is 2.25. The Hall–Kier alpha value is -2.34. The molecule has 3 aromatic rings. The number of carbonyl (C=O) groups is 1. The second kappa shape index (κ2) is 7.11. The van der Waals surface area contributed by atoms with Crippen molar-refractivity contribution in [1.82, 2.24) is 9.88 Å². The van der Waals surface area contributed by atoms with Gasteiger partial charge in [0.15, 0.2) is 0 Å². The maximum atomic E-state index is 14.1. The lowest BCUT2D eigenvalue weighted by Crippen LogP contribution is -2.33. The normalized spacial score (nSPS) is 18.1. The van der Waals surface area contributed by atoms with E-state index in [0.717, 1.165) is 17.0 Å². The Morgan fingerprint density at radius 1 is 1.12 bits per heavy atom. The Morgan fingerprint density at radius 2 is 1.96 bits per heavy atom. The van der Waals surface area contributed by atoms with E-state index < -0.39 is 5.82 Å². The van der Waals surface area contributed by atoms with Crippen LogP contribution in [0.3, 0.4) is 0 Å². The van der Waals surface area contributed by atoms with Crippen molar-refractivity contribution in [3.05, 3.63) is 71.4 Å². The van der Waals surface area contributed by atoms with Gasteiger partial charge in [-0.1, -0.05) is 18.2 Å². The van der Waals surface area contributed by atoms with Crippen molar-refractivity contribution in [2.75, 3.05) is 18.8 Å². The van der Waals surface area contributed by atoms with Crippen molar-refractivity contribution >= 4 is 28.6 Å². The van der Waals surface area contributed by atoms with Crippen LogP contribution in [-0.2, 0) is 0 Å². The fourth-order valence-corrected chi connectivity index (χ4v) is 4.58. The number of thioether (sulfide) groups is 1. The molecule has 1 atom stereocenters. The molecule has 6 heteroatoms. The second-order valence-electron chi connectivity index (χ2n) is 6.38. The number of rotatable bonds is 2. The predicted octanol–water partition coefficient (Wildman–Crippen LogP) is 4.77. The quantitative estimate of drug-likeness (QED) is 0.704. The first-order valence-corrected chi connectivity index (χ1v) is 9.60. The Bertz CT molecular complexity index is 923. The largest absolute Gasteiger partial charge is 0.351 e. The number of fused-ring (bicyclic) bond motifs is 1. The van der Waals surface area contributed by atoms with E-state index in [2.05, 4.69) is 4.98 Å². The zero-order chi connectivity index (χ0) is 18.1. The molecule has 1 aromatic heterocycles. The fourth-order valence-electron chi connectivity index (χ4n) is 3.34. The van der Waals surface area contributed by atoms with E-state index in [0.29, 0.717) is 36.5 Å². The van der Waals surface area contributed by atoms with Crippen LogP contribution < -0.4 is 0 Å². The monoisotopic (exact) mass is 372 g/mol. The summed E-state index contributed by atoms with van der Waals surface area (Å²) in [7, 11) is 0. The van der Waals surface area contributed by atoms with Gasteiger partial charge in [0, 0.05) is 40.6 Å². The van der Waals surface area contributed by atoms with Crippen LogP contribution in [0.25, 0.3) is 10.9 Å². The van der Waals surface area contributed by atoms with Gasteiger partial charge in [-0.15, -0.1) is 0 Å². The lowest BCUT2D eigenvalue weighted by molar-refractivity contribution is 0.0761. The Balaban J connectivity index is 1.51. The number of hydrogen-bond donors (Lipinski definition) is 1. The molecule has 4 rings (SSSR count). The van der Waals surface area contributed by atoms with Gasteiger partial charge in [-0.25, -0.2) is 8.78 Å². The molecule has 1 saturated heterocycles. The number of carbonyl (C=O) groups excluding carboxylic acids is 1. The van der Waals surface area contributed by atoms with Gasteiger partial charge in [0.1, 0.15) is 17.3 Å². The second-order valence-corrected chi connectivity index (χ2v) is 7.69. The molecule has 0 saturated carbocycles. The molecule has 0 bridgehead atoms. The minimum Gasteiger partial charge on any atom is -0.351 e. The first-order valence-electron chi connectivity index (χ1n) is 8.55. The van der Waals surface area contributed by atoms with Gasteiger partial charge in [0.05, 0.1) is 0 Å². The first-order chi connectivity index (χ1) is 12.6. The SMILES string of the molecule is O=C(c1cc2ccccc2[nH]1)N1CCS[C@H](c2cc(F)ccc2F)CC1. The van der Waals surface area contributed by atoms with Crippen LogP contribution in [0, 0.1) is 11.6 Å². The highest BCUT2D eigenvalue weighted by Crippen LogP contribution is 2.36. The van der Waals surface area contributed by atoms with Crippen LogP contribution in [0.5, 0.6) is 0 Å². The van der Waals surface area contributed by atoms with Crippen LogP contribution in [0.4, 0.5) is 8.78 Å². The van der Waals surface area contributed by atoms with E-state index in [1.807, 2.05) is 30.3 Å². The number of halogens is 2. The molecule has 1 N–H and O–H groups in total. The molecule has 2 heterocycles. The number of hydrogen-bond acceptors (Lipinski definition) is 2. The van der Waals surface area contributed by atoms with Crippen molar-refractivity contribution in [3.63, 3.8) is 0 Å². The maximum Gasteiger partial charge on any atom is 0.270 e. The van der Waals surface area contributed by atoms with E-state index in [9.17, 15) is 13.6 Å². The lowest BCUT2D eigenvalue weighted by atomic mass is 10.1. The number of para-hydroxylation sites is 1. The summed E-state index contributed by atoms with van der Waals surface area (Å²) in [5, 5.41) is 0.853. The molecule has 1 fully saturated rings. The van der Waals surface area contributed by atoms with Crippen molar-refractivity contribution in [2.45, 2.75) is 11.7 Å². The standard InChI is InChI=1S/C20H18F2N2OS/c21-14-5-6-16(22)15(12-14)19-7-8-24(9-10-26-19)20(25)18-11-13-3-1-2-4-17(13)23-18/h1-6,11-12,19,23H,7-10H2/t19-/m0/s1. The van der Waals surface area contributed by atoms with E-state index >= 15 is 0 Å². The van der Waals surface area contributed by atoms with Crippen molar-refractivity contribution in [3.8, 4) is 0 Å². The summed E-state index contributed by atoms with van der Waals surface area (Å²) in [6.45, 7) is 1.11. The number of benzene rings is 2. The van der Waals surface area contributed by atoms with Crippen LogP contribution in [0.1, 0.15) is 27.7 Å². The van der Waals surface area contributed by atoms with E-state index in [1.165, 1.54) is 12.1 Å². The number of aromatic nitrogens is 1. The van der Waals surface area contributed by atoms with Gasteiger partial charge in [-0.3, -0.25) is 4.79 Å². The highest BCUT2D eigenvalue weighted by molar-refractivity contribution is 7.99. The Morgan fingerprint density at radius 3 is 2.81 bits per heavy atom. The number of H-pyrrole nitrogens is 1. The average molecular weight is 372 g/mol. The van der Waals surface area contributed by atoms with Gasteiger partial charge in [0.2, 0.25) is 0 Å². The van der Waals surface area contributed by atoms with Gasteiger partial charge >= 0.3 is 0 Å². The number of nitrogens with one attached hydrogen (secondary N) is 1. The van der Waals surface area contributed by atoms with Gasteiger partial charge in [-0.05, 0) is 36.8 Å². The summed E-state index contributed by atoms with van der Waals surface area (Å²) >= 11 is 1.57. The maximum absolute atomic E-state index is 14.1. The molecule has 1 aliphatic heterocycles. The first kappa shape index (κ1) is 17.1. The smallest absolute Gasteiger partial charge is 0.270 e. The Kier molecular flexibility index (Phi) is 4.68. The summed E-state index contributed by atoms with van der Waals surface area (Å²) in [5.74, 6) is -0.189. The Labute approximate surface area is 154 Å². The molecular formula is C20H18F2N2OS. The minimum atomic E-state index is -0.433. The topological polar surface area (TPSA) is 36.1 Å². The van der Waals surface area contributed by atoms with E-state index in [1.54, 1.807) is 16.7 Å². The number of nitrogens with zero attached hydrogens (tertiary/aromatic N) is 1. The third-order valence-electron chi connectivity index (χ3n) is 4.69. The van der Waals surface area contributed by atoms with Crippen molar-refractivity contribution in [2.24, 2.45) is 0 Å². The van der Waals surface area contributed by atoms with Crippen LogP contribution in [-0.4, -0.2) is 34.6 Å². The van der Waals surface area contributed by atoms with Crippen LogP contribution in [0.15, 0.2) is 48.5 Å². The lowest BCUT2D eigenvalue weighted by Gasteiger charge is -2.19. The summed E-state index contributed by atoms with van der Waals surface area (Å²) in [6, 6.07) is 13.2. The molecule has 1 aliphatic rings. The molecule has 0 spiro atoms. The van der Waals surface area contributed by atoms with Crippen LogP contribution >= 0.6 is 11.8 Å². The average Bonchev–Trinajstić information content (AvgIpc) is 2.93. The highest BCUT2D eigenvalue weighted by atomic mass is 32.2. The van der Waals surface area contributed by atoms with Crippen molar-refractivity contribution < 1.29 is 13.6 Å². The molecule has 0 radical (unpaired) electrons. The van der Waals surface area contributed by atoms with E-state index in [4.69, 9.17) is 0 Å². The predicted molar refractivity (Wildman–Crippen MR) is 100 cm³/mol. The third kappa shape index (κ3) is 3.33. The number of amides is 1. The molecule has 2 aromatic carbocycles. The summed E-state index contributed by atoms with van der Waals surface area (Å²) in [5.41, 5.74) is 1.88. The molecule has 1 amide bonds. The fraction of sp³-hybridized carbons (Fsp3) is 0.250. The zero-order valence-electron chi connectivity index (χ0n) is 14.0.